The van der Waals surface area contributed by atoms with Gasteiger partial charge in [0.2, 0.25) is 0 Å². The molecular formula is C22H18N6O2. The minimum absolute atomic E-state index is 0.119. The van der Waals surface area contributed by atoms with E-state index in [1.165, 1.54) is 9.36 Å². The number of carbonyl (C=O) groups is 1. The van der Waals surface area contributed by atoms with Crippen LogP contribution in [-0.4, -0.2) is 25.5 Å². The van der Waals surface area contributed by atoms with Crippen molar-refractivity contribution in [2.24, 2.45) is 0 Å². The van der Waals surface area contributed by atoms with Crippen LogP contribution in [0.5, 0.6) is 5.75 Å². The van der Waals surface area contributed by atoms with Crippen molar-refractivity contribution in [3.05, 3.63) is 84.8 Å². The Balaban J connectivity index is 1.33. The van der Waals surface area contributed by atoms with Crippen LogP contribution < -0.4 is 10.1 Å². The van der Waals surface area contributed by atoms with Crippen LogP contribution in [0.1, 0.15) is 10.5 Å². The lowest BCUT2D eigenvalue weighted by Gasteiger charge is -2.07. The second kappa shape index (κ2) is 8.75. The molecule has 0 atom stereocenters. The van der Waals surface area contributed by atoms with Gasteiger partial charge in [-0.3, -0.25) is 9.48 Å². The van der Waals surface area contributed by atoms with Gasteiger partial charge in [-0.25, -0.2) is 4.68 Å². The van der Waals surface area contributed by atoms with E-state index in [2.05, 4.69) is 27.6 Å². The molecule has 4 aromatic rings. The third-order valence-corrected chi connectivity index (χ3v) is 4.31. The molecule has 8 heteroatoms. The van der Waals surface area contributed by atoms with Crippen LogP contribution in [0, 0.1) is 11.3 Å². The molecule has 4 rings (SSSR count). The first kappa shape index (κ1) is 19.0. The molecule has 0 bridgehead atoms. The van der Waals surface area contributed by atoms with Crippen LogP contribution in [0.15, 0.2) is 79.1 Å². The number of carbonyl (C=O) groups excluding carboxylic acids is 1. The van der Waals surface area contributed by atoms with E-state index in [1.54, 1.807) is 24.5 Å². The maximum Gasteiger partial charge on any atom is 0.277 e. The summed E-state index contributed by atoms with van der Waals surface area (Å²) in [4.78, 5) is 12.3. The molecule has 30 heavy (non-hydrogen) atoms. The summed E-state index contributed by atoms with van der Waals surface area (Å²) in [7, 11) is 0. The summed E-state index contributed by atoms with van der Waals surface area (Å²) in [6.07, 6.45) is 3.29. The van der Waals surface area contributed by atoms with Crippen molar-refractivity contribution in [3.8, 4) is 22.9 Å². The summed E-state index contributed by atoms with van der Waals surface area (Å²) >= 11 is 0. The Morgan fingerprint density at radius 1 is 0.933 bits per heavy atom. The standard InChI is InChI=1S/C22H18N6O2/c23-12-15-27-14-11-21(26-27)24-22(29)20-10-13-28(25-20)16-30-19-8-6-18(7-9-19)17-4-2-1-3-5-17/h1-11,13-14H,15-16H2,(H,24,26,29). The number of hydrogen-bond donors (Lipinski definition) is 1. The van der Waals surface area contributed by atoms with Gasteiger partial charge >= 0.3 is 0 Å². The molecule has 148 valence electrons. The van der Waals surface area contributed by atoms with Gasteiger partial charge in [0.05, 0.1) is 6.07 Å². The van der Waals surface area contributed by atoms with Crippen LogP contribution in [0.25, 0.3) is 11.1 Å². The van der Waals surface area contributed by atoms with Gasteiger partial charge in [0.15, 0.2) is 18.2 Å². The summed E-state index contributed by atoms with van der Waals surface area (Å²) in [6, 6.07) is 23.1. The third-order valence-electron chi connectivity index (χ3n) is 4.31. The van der Waals surface area contributed by atoms with Crippen molar-refractivity contribution in [3.63, 3.8) is 0 Å². The van der Waals surface area contributed by atoms with E-state index >= 15 is 0 Å². The van der Waals surface area contributed by atoms with Gasteiger partial charge in [-0.2, -0.15) is 15.5 Å². The SMILES string of the molecule is N#CCn1ccc(NC(=O)c2ccn(COc3ccc(-c4ccccc4)cc3)n2)n1. The fraction of sp³-hybridized carbons (Fsp3) is 0.0909. The number of anilines is 1. The number of hydrogen-bond acceptors (Lipinski definition) is 5. The second-order valence-corrected chi connectivity index (χ2v) is 6.42. The highest BCUT2D eigenvalue weighted by atomic mass is 16.5. The van der Waals surface area contributed by atoms with Gasteiger partial charge in [-0.15, -0.1) is 0 Å². The quantitative estimate of drug-likeness (QED) is 0.513. The van der Waals surface area contributed by atoms with E-state index in [0.29, 0.717) is 11.6 Å². The minimum atomic E-state index is -0.386. The average molecular weight is 398 g/mol. The van der Waals surface area contributed by atoms with Gasteiger partial charge < -0.3 is 10.1 Å². The van der Waals surface area contributed by atoms with Crippen molar-refractivity contribution in [1.82, 2.24) is 19.6 Å². The maximum absolute atomic E-state index is 12.3. The molecule has 0 aliphatic rings. The highest BCUT2D eigenvalue weighted by Gasteiger charge is 2.11. The number of nitrogens with one attached hydrogen (secondary N) is 1. The monoisotopic (exact) mass is 398 g/mol. The molecule has 0 saturated carbocycles. The van der Waals surface area contributed by atoms with Crippen LogP contribution in [-0.2, 0) is 13.3 Å². The second-order valence-electron chi connectivity index (χ2n) is 6.42. The number of ether oxygens (including phenoxy) is 1. The lowest BCUT2D eigenvalue weighted by atomic mass is 10.1. The Kier molecular flexibility index (Phi) is 5.53. The third kappa shape index (κ3) is 4.54. The molecular weight excluding hydrogens is 380 g/mol. The predicted molar refractivity (Wildman–Crippen MR) is 111 cm³/mol. The Hall–Kier alpha value is -4.38. The van der Waals surface area contributed by atoms with E-state index in [-0.39, 0.29) is 24.9 Å². The molecule has 0 fully saturated rings. The van der Waals surface area contributed by atoms with Crippen molar-refractivity contribution in [2.75, 3.05) is 5.32 Å². The molecule has 0 aliphatic carbocycles. The molecule has 0 unspecified atom stereocenters. The highest BCUT2D eigenvalue weighted by Crippen LogP contribution is 2.22. The Morgan fingerprint density at radius 2 is 1.67 bits per heavy atom. The zero-order valence-corrected chi connectivity index (χ0v) is 16.0. The zero-order chi connectivity index (χ0) is 20.8. The summed E-state index contributed by atoms with van der Waals surface area (Å²) in [5.41, 5.74) is 2.50. The minimum Gasteiger partial charge on any atom is -0.471 e. The van der Waals surface area contributed by atoms with E-state index in [9.17, 15) is 4.79 Å². The number of rotatable bonds is 7. The molecule has 8 nitrogen and oxygen atoms in total. The molecule has 0 radical (unpaired) electrons. The summed E-state index contributed by atoms with van der Waals surface area (Å²) in [5.74, 6) is 0.682. The molecule has 1 amide bonds. The van der Waals surface area contributed by atoms with E-state index in [0.717, 1.165) is 11.1 Å². The first-order valence-corrected chi connectivity index (χ1v) is 9.25. The Bertz CT molecular complexity index is 1170. The largest absolute Gasteiger partial charge is 0.471 e. The lowest BCUT2D eigenvalue weighted by Crippen LogP contribution is -2.15. The van der Waals surface area contributed by atoms with Crippen molar-refractivity contribution in [1.29, 1.82) is 5.26 Å². The number of nitrogens with zero attached hydrogens (tertiary/aromatic N) is 5. The topological polar surface area (TPSA) is 97.8 Å². The molecule has 2 aromatic carbocycles. The van der Waals surface area contributed by atoms with Crippen molar-refractivity contribution in [2.45, 2.75) is 13.3 Å². The van der Waals surface area contributed by atoms with Gasteiger partial charge in [0.25, 0.3) is 5.91 Å². The van der Waals surface area contributed by atoms with Crippen LogP contribution in [0.4, 0.5) is 5.82 Å². The van der Waals surface area contributed by atoms with Crippen LogP contribution in [0.3, 0.4) is 0 Å². The van der Waals surface area contributed by atoms with Gasteiger partial charge in [0.1, 0.15) is 12.3 Å². The Labute approximate surface area is 172 Å². The maximum atomic E-state index is 12.3. The number of aromatic nitrogens is 4. The fourth-order valence-electron chi connectivity index (χ4n) is 2.84. The fourth-order valence-corrected chi connectivity index (χ4v) is 2.84. The molecule has 0 aliphatic heterocycles. The summed E-state index contributed by atoms with van der Waals surface area (Å²) in [6.45, 7) is 0.295. The highest BCUT2D eigenvalue weighted by molar-refractivity contribution is 6.02. The Morgan fingerprint density at radius 3 is 2.43 bits per heavy atom. The lowest BCUT2D eigenvalue weighted by molar-refractivity contribution is 0.101. The molecule has 0 spiro atoms. The van der Waals surface area contributed by atoms with E-state index in [4.69, 9.17) is 10.00 Å². The zero-order valence-electron chi connectivity index (χ0n) is 16.0. The number of benzene rings is 2. The predicted octanol–water partition coefficient (Wildman–Crippen LogP) is 3.56. The van der Waals surface area contributed by atoms with Gasteiger partial charge in [0, 0.05) is 18.5 Å². The average Bonchev–Trinajstić information content (AvgIpc) is 3.43. The van der Waals surface area contributed by atoms with Gasteiger partial charge in [-0.1, -0.05) is 42.5 Å². The van der Waals surface area contributed by atoms with Crippen molar-refractivity contribution >= 4 is 11.7 Å². The normalized spacial score (nSPS) is 10.4. The molecule has 0 saturated heterocycles. The van der Waals surface area contributed by atoms with Crippen LogP contribution >= 0.6 is 0 Å². The van der Waals surface area contributed by atoms with Gasteiger partial charge in [-0.05, 0) is 29.3 Å². The molecule has 1 N–H and O–H groups in total. The first-order chi connectivity index (χ1) is 14.7. The summed E-state index contributed by atoms with van der Waals surface area (Å²) in [5, 5.41) is 19.6. The summed E-state index contributed by atoms with van der Waals surface area (Å²) < 4.78 is 8.72. The van der Waals surface area contributed by atoms with E-state index in [1.807, 2.05) is 48.5 Å². The number of nitriles is 1. The van der Waals surface area contributed by atoms with E-state index < -0.39 is 0 Å². The molecule has 2 heterocycles. The smallest absolute Gasteiger partial charge is 0.277 e. The van der Waals surface area contributed by atoms with Crippen molar-refractivity contribution < 1.29 is 9.53 Å². The molecule has 2 aromatic heterocycles. The van der Waals surface area contributed by atoms with Crippen LogP contribution in [0.2, 0.25) is 0 Å². The number of amides is 1. The first-order valence-electron chi connectivity index (χ1n) is 9.25.